The fraction of sp³-hybridized carbons (Fsp3) is 0.259. The predicted octanol–water partition coefficient (Wildman–Crippen LogP) is 7.15. The highest BCUT2D eigenvalue weighted by Crippen LogP contribution is 2.50. The third-order valence-electron chi connectivity index (χ3n) is 6.21. The molecule has 2 aromatic heterocycles. The van der Waals surface area contributed by atoms with Gasteiger partial charge in [0.25, 0.3) is 0 Å². The zero-order chi connectivity index (χ0) is 19.8. The Morgan fingerprint density at radius 1 is 0.690 bits per heavy atom. The number of rotatable bonds is 6. The first-order valence-corrected chi connectivity index (χ1v) is 10.9. The van der Waals surface area contributed by atoms with Gasteiger partial charge in [-0.3, -0.25) is 0 Å². The fourth-order valence-electron chi connectivity index (χ4n) is 5.14. The van der Waals surface area contributed by atoms with Gasteiger partial charge in [-0.2, -0.15) is 0 Å². The molecule has 0 spiro atoms. The maximum Gasteiger partial charge on any atom is 0.0463 e. The monoisotopic (exact) mass is 380 g/mol. The van der Waals surface area contributed by atoms with E-state index in [9.17, 15) is 0 Å². The van der Waals surface area contributed by atoms with Gasteiger partial charge in [-0.05, 0) is 76.9 Å². The third kappa shape index (κ3) is 2.86. The molecule has 0 saturated heterocycles. The second kappa shape index (κ2) is 7.44. The Balaban J connectivity index is 1.94. The molecule has 2 aromatic carbocycles. The van der Waals surface area contributed by atoms with E-state index >= 15 is 0 Å². The average molecular weight is 381 g/mol. The van der Waals surface area contributed by atoms with E-state index in [-0.39, 0.29) is 0 Å². The Morgan fingerprint density at radius 3 is 1.93 bits per heavy atom. The van der Waals surface area contributed by atoms with Crippen molar-refractivity contribution in [3.05, 3.63) is 83.2 Å². The second-order valence-electron chi connectivity index (χ2n) is 8.06. The smallest absolute Gasteiger partial charge is 0.0463 e. The van der Waals surface area contributed by atoms with Gasteiger partial charge >= 0.3 is 0 Å². The van der Waals surface area contributed by atoms with Gasteiger partial charge in [0.15, 0.2) is 0 Å². The van der Waals surface area contributed by atoms with E-state index in [1.165, 1.54) is 50.3 Å². The van der Waals surface area contributed by atoms with E-state index in [2.05, 4.69) is 72.3 Å². The molecule has 2 N–H and O–H groups in total. The Bertz CT molecular complexity index is 1130. The van der Waals surface area contributed by atoms with Crippen molar-refractivity contribution in [3.63, 3.8) is 0 Å². The summed E-state index contributed by atoms with van der Waals surface area (Å²) >= 11 is 0. The third-order valence-corrected chi connectivity index (χ3v) is 6.21. The van der Waals surface area contributed by atoms with Gasteiger partial charge in [0, 0.05) is 34.9 Å². The minimum atomic E-state index is 1.01. The van der Waals surface area contributed by atoms with Crippen LogP contribution in [-0.2, 0) is 19.3 Å². The van der Waals surface area contributed by atoms with Gasteiger partial charge in [0.05, 0.1) is 0 Å². The first kappa shape index (κ1) is 18.1. The van der Waals surface area contributed by atoms with Crippen LogP contribution in [0, 0.1) is 0 Å². The van der Waals surface area contributed by atoms with Gasteiger partial charge < -0.3 is 9.97 Å². The van der Waals surface area contributed by atoms with Crippen molar-refractivity contribution in [3.8, 4) is 33.6 Å². The molecule has 0 aliphatic heterocycles. The Hall–Kier alpha value is -3.00. The molecule has 5 rings (SSSR count). The molecular formula is C27H28N2. The van der Waals surface area contributed by atoms with Crippen LogP contribution in [0.1, 0.15) is 48.9 Å². The number of benzene rings is 2. The highest BCUT2D eigenvalue weighted by Gasteiger charge is 2.30. The maximum atomic E-state index is 3.52. The molecule has 0 fully saturated rings. The summed E-state index contributed by atoms with van der Waals surface area (Å²) in [7, 11) is 0. The summed E-state index contributed by atoms with van der Waals surface area (Å²) in [5.74, 6) is 0. The largest absolute Gasteiger partial charge is 0.361 e. The van der Waals surface area contributed by atoms with E-state index < -0.39 is 0 Å². The number of hydrogen-bond acceptors (Lipinski definition) is 0. The van der Waals surface area contributed by atoms with Crippen LogP contribution in [-0.4, -0.2) is 9.97 Å². The first-order valence-electron chi connectivity index (χ1n) is 10.9. The van der Waals surface area contributed by atoms with Crippen molar-refractivity contribution in [2.75, 3.05) is 0 Å². The summed E-state index contributed by atoms with van der Waals surface area (Å²) in [6.07, 6.45) is 9.65. The van der Waals surface area contributed by atoms with Crippen LogP contribution in [0.5, 0.6) is 0 Å². The van der Waals surface area contributed by atoms with Gasteiger partial charge in [-0.25, -0.2) is 0 Å². The lowest BCUT2D eigenvalue weighted by Gasteiger charge is -2.23. The van der Waals surface area contributed by atoms with Crippen LogP contribution in [0.4, 0.5) is 0 Å². The molecule has 1 aliphatic carbocycles. The minimum absolute atomic E-state index is 1.01. The molecule has 29 heavy (non-hydrogen) atoms. The van der Waals surface area contributed by atoms with E-state index in [1.807, 2.05) is 12.4 Å². The lowest BCUT2D eigenvalue weighted by Crippen LogP contribution is -2.06. The molecule has 0 saturated carbocycles. The van der Waals surface area contributed by atoms with Crippen molar-refractivity contribution in [2.45, 2.75) is 46.0 Å². The van der Waals surface area contributed by atoms with Crippen LogP contribution in [0.25, 0.3) is 33.6 Å². The van der Waals surface area contributed by atoms with Crippen LogP contribution in [0.2, 0.25) is 0 Å². The second-order valence-corrected chi connectivity index (χ2v) is 8.06. The summed E-state index contributed by atoms with van der Waals surface area (Å²) in [6.45, 7) is 4.60. The van der Waals surface area contributed by atoms with Gasteiger partial charge in [-0.15, -0.1) is 0 Å². The zero-order valence-corrected chi connectivity index (χ0v) is 17.3. The quantitative estimate of drug-likeness (QED) is 0.313. The first-order chi connectivity index (χ1) is 14.3. The Labute approximate surface area is 173 Å². The number of aromatic nitrogens is 2. The van der Waals surface area contributed by atoms with Gasteiger partial charge in [0.1, 0.15) is 0 Å². The van der Waals surface area contributed by atoms with Gasteiger partial charge in [-0.1, -0.05) is 51.0 Å². The molecule has 0 unspecified atom stereocenters. The molecule has 2 nitrogen and oxygen atoms in total. The highest BCUT2D eigenvalue weighted by atomic mass is 14.7. The van der Waals surface area contributed by atoms with Crippen molar-refractivity contribution in [1.82, 2.24) is 9.97 Å². The van der Waals surface area contributed by atoms with Crippen molar-refractivity contribution in [2.24, 2.45) is 0 Å². The van der Waals surface area contributed by atoms with Crippen LogP contribution in [0.3, 0.4) is 0 Å². The Morgan fingerprint density at radius 2 is 1.31 bits per heavy atom. The summed E-state index contributed by atoms with van der Waals surface area (Å²) in [5, 5.41) is 0. The molecule has 1 aliphatic rings. The lowest BCUT2D eigenvalue weighted by atomic mass is 9.81. The van der Waals surface area contributed by atoms with Crippen molar-refractivity contribution < 1.29 is 0 Å². The lowest BCUT2D eigenvalue weighted by molar-refractivity contribution is 0.863. The van der Waals surface area contributed by atoms with E-state index in [0.717, 1.165) is 32.1 Å². The topological polar surface area (TPSA) is 31.6 Å². The van der Waals surface area contributed by atoms with E-state index in [0.29, 0.717) is 0 Å². The van der Waals surface area contributed by atoms with Crippen LogP contribution < -0.4 is 0 Å². The number of aromatic amines is 2. The SMILES string of the molecule is CCCc1c(CCC)c(-c2ccc[nH]2)c(-c2ccc[nH]2)c2c1-c1ccccc1C2. The highest BCUT2D eigenvalue weighted by molar-refractivity contribution is 5.96. The number of fused-ring (bicyclic) bond motifs is 3. The van der Waals surface area contributed by atoms with Crippen LogP contribution in [0.15, 0.2) is 60.9 Å². The maximum absolute atomic E-state index is 3.52. The van der Waals surface area contributed by atoms with Crippen LogP contribution >= 0.6 is 0 Å². The fourth-order valence-corrected chi connectivity index (χ4v) is 5.14. The zero-order valence-electron chi connectivity index (χ0n) is 17.3. The molecule has 2 heterocycles. The molecule has 0 bridgehead atoms. The molecule has 0 amide bonds. The van der Waals surface area contributed by atoms with Gasteiger partial charge in [0.2, 0.25) is 0 Å². The molecule has 4 aromatic rings. The molecule has 2 heteroatoms. The number of hydrogen-bond donors (Lipinski definition) is 2. The molecule has 0 radical (unpaired) electrons. The standard InChI is InChI=1S/C27H28N2/c1-3-9-20-21(10-4-2)26(23-13-7-15-28-23)27(24-14-8-16-29-24)22-17-18-11-5-6-12-19(18)25(20)22/h5-8,11-16,28-29H,3-4,9-10,17H2,1-2H3. The Kier molecular flexibility index (Phi) is 4.63. The summed E-state index contributed by atoms with van der Waals surface area (Å²) in [5.41, 5.74) is 14.2. The van der Waals surface area contributed by atoms with Crippen molar-refractivity contribution in [1.29, 1.82) is 0 Å². The number of H-pyrrole nitrogens is 2. The summed E-state index contributed by atoms with van der Waals surface area (Å²) < 4.78 is 0. The normalized spacial score (nSPS) is 12.2. The number of nitrogens with one attached hydrogen (secondary N) is 2. The average Bonchev–Trinajstić information content (AvgIpc) is 3.49. The minimum Gasteiger partial charge on any atom is -0.361 e. The molecule has 0 atom stereocenters. The summed E-state index contributed by atoms with van der Waals surface area (Å²) in [4.78, 5) is 7.04. The van der Waals surface area contributed by atoms with Crippen molar-refractivity contribution >= 4 is 0 Å². The molecule has 146 valence electrons. The molecular weight excluding hydrogens is 352 g/mol. The van der Waals surface area contributed by atoms with E-state index in [1.54, 1.807) is 5.56 Å². The summed E-state index contributed by atoms with van der Waals surface area (Å²) in [6, 6.07) is 17.7. The predicted molar refractivity (Wildman–Crippen MR) is 122 cm³/mol. The van der Waals surface area contributed by atoms with E-state index in [4.69, 9.17) is 0 Å².